The predicted octanol–water partition coefficient (Wildman–Crippen LogP) is 0.903. The number of nitrogens with one attached hydrogen (secondary N) is 2. The Morgan fingerprint density at radius 3 is 1.85 bits per heavy atom. The first-order valence-electron chi connectivity index (χ1n) is 7.22. The predicted molar refractivity (Wildman–Crippen MR) is 75.5 cm³/mol. The average molecular weight is 286 g/mol. The number of carbonyl (C=O) groups is 2. The summed E-state index contributed by atoms with van der Waals surface area (Å²) in [6, 6.07) is -0.334. The molecule has 0 unspecified atom stereocenters. The van der Waals surface area contributed by atoms with Gasteiger partial charge in [-0.05, 0) is 59.5 Å². The van der Waals surface area contributed by atoms with Crippen molar-refractivity contribution in [1.82, 2.24) is 10.6 Å². The summed E-state index contributed by atoms with van der Waals surface area (Å²) in [6.45, 7) is 7.46. The van der Waals surface area contributed by atoms with Crippen LogP contribution in [0.3, 0.4) is 0 Å². The van der Waals surface area contributed by atoms with Crippen molar-refractivity contribution in [3.05, 3.63) is 0 Å². The molecule has 20 heavy (non-hydrogen) atoms. The van der Waals surface area contributed by atoms with E-state index in [4.69, 9.17) is 9.84 Å². The van der Waals surface area contributed by atoms with Crippen molar-refractivity contribution in [2.75, 3.05) is 13.1 Å². The maximum absolute atomic E-state index is 11.4. The fraction of sp³-hybridized carbons (Fsp3) is 0.857. The van der Waals surface area contributed by atoms with Crippen LogP contribution in [-0.2, 0) is 14.3 Å². The fourth-order valence-corrected chi connectivity index (χ4v) is 2.15. The van der Waals surface area contributed by atoms with Gasteiger partial charge in [0.05, 0.1) is 0 Å². The van der Waals surface area contributed by atoms with Crippen LogP contribution in [0.5, 0.6) is 0 Å². The largest absolute Gasteiger partial charge is 0.480 e. The van der Waals surface area contributed by atoms with Crippen LogP contribution in [0.15, 0.2) is 0 Å². The lowest BCUT2D eigenvalue weighted by Crippen LogP contribution is -2.37. The van der Waals surface area contributed by atoms with Crippen molar-refractivity contribution in [2.24, 2.45) is 0 Å². The zero-order valence-corrected chi connectivity index (χ0v) is 12.6. The molecule has 0 radical (unpaired) electrons. The Balaban J connectivity index is 0.000000217. The van der Waals surface area contributed by atoms with Crippen LogP contribution in [0.1, 0.15) is 46.5 Å². The normalized spacial score (nSPS) is 25.8. The second kappa shape index (κ2) is 7.59. The van der Waals surface area contributed by atoms with Gasteiger partial charge in [-0.3, -0.25) is 9.59 Å². The van der Waals surface area contributed by atoms with Crippen LogP contribution in [0.25, 0.3) is 0 Å². The molecule has 0 aromatic carbocycles. The molecule has 3 N–H and O–H groups in total. The third-order valence-electron chi connectivity index (χ3n) is 3.11. The number of esters is 1. The molecule has 0 saturated carbocycles. The lowest BCUT2D eigenvalue weighted by atomic mass is 10.2. The zero-order valence-electron chi connectivity index (χ0n) is 12.6. The lowest BCUT2D eigenvalue weighted by Gasteiger charge is -2.21. The number of hydrogen-bond acceptors (Lipinski definition) is 5. The van der Waals surface area contributed by atoms with Gasteiger partial charge in [0.2, 0.25) is 0 Å². The van der Waals surface area contributed by atoms with E-state index in [-0.39, 0.29) is 23.7 Å². The standard InChI is InChI=1S/C9H17NO2.C5H9NO2/c1-9(2,3)12-8(11)7-5-4-6-10-7;7-5(8)4-2-1-3-6-4/h7,10H,4-6H2,1-3H3;4,6H,1-3H2,(H,7,8)/t7-;4-/m00/s1. The molecule has 0 aromatic rings. The second-order valence-electron chi connectivity index (χ2n) is 6.17. The van der Waals surface area contributed by atoms with Crippen LogP contribution >= 0.6 is 0 Å². The molecule has 0 spiro atoms. The minimum Gasteiger partial charge on any atom is -0.480 e. The van der Waals surface area contributed by atoms with Gasteiger partial charge < -0.3 is 20.5 Å². The third-order valence-corrected chi connectivity index (χ3v) is 3.11. The topological polar surface area (TPSA) is 87.7 Å². The Kier molecular flexibility index (Phi) is 6.42. The van der Waals surface area contributed by atoms with Crippen LogP contribution < -0.4 is 10.6 Å². The van der Waals surface area contributed by atoms with Gasteiger partial charge in [-0.2, -0.15) is 0 Å². The smallest absolute Gasteiger partial charge is 0.323 e. The van der Waals surface area contributed by atoms with E-state index >= 15 is 0 Å². The number of ether oxygens (including phenoxy) is 1. The monoisotopic (exact) mass is 286 g/mol. The van der Waals surface area contributed by atoms with E-state index in [1.54, 1.807) is 0 Å². The second-order valence-corrected chi connectivity index (χ2v) is 6.17. The Labute approximate surface area is 120 Å². The van der Waals surface area contributed by atoms with Crippen molar-refractivity contribution < 1.29 is 19.4 Å². The molecule has 2 saturated heterocycles. The van der Waals surface area contributed by atoms with Gasteiger partial charge in [-0.1, -0.05) is 0 Å². The fourth-order valence-electron chi connectivity index (χ4n) is 2.15. The van der Waals surface area contributed by atoms with E-state index in [2.05, 4.69) is 10.6 Å². The molecule has 6 nitrogen and oxygen atoms in total. The van der Waals surface area contributed by atoms with Gasteiger partial charge in [0.25, 0.3) is 0 Å². The van der Waals surface area contributed by atoms with E-state index in [0.29, 0.717) is 0 Å². The summed E-state index contributed by atoms with van der Waals surface area (Å²) in [6.07, 6.45) is 3.77. The molecule has 0 aromatic heterocycles. The molecule has 2 aliphatic heterocycles. The number of carbonyl (C=O) groups excluding carboxylic acids is 1. The van der Waals surface area contributed by atoms with Gasteiger partial charge in [-0.25, -0.2) is 0 Å². The molecule has 2 rings (SSSR count). The van der Waals surface area contributed by atoms with Crippen LogP contribution in [0, 0.1) is 0 Å². The molecule has 2 aliphatic rings. The Hall–Kier alpha value is -1.14. The van der Waals surface area contributed by atoms with Crippen molar-refractivity contribution in [1.29, 1.82) is 0 Å². The molecular weight excluding hydrogens is 260 g/mol. The summed E-state index contributed by atoms with van der Waals surface area (Å²) in [5.74, 6) is -0.831. The first-order chi connectivity index (χ1) is 9.29. The van der Waals surface area contributed by atoms with Gasteiger partial charge in [0.1, 0.15) is 17.7 Å². The summed E-state index contributed by atoms with van der Waals surface area (Å²) in [4.78, 5) is 21.5. The zero-order chi connectivity index (χ0) is 15.2. The molecular formula is C14H26N2O4. The summed E-state index contributed by atoms with van der Waals surface area (Å²) in [5.41, 5.74) is -0.360. The molecule has 2 heterocycles. The molecule has 2 atom stereocenters. The van der Waals surface area contributed by atoms with E-state index in [1.807, 2.05) is 20.8 Å². The van der Waals surface area contributed by atoms with E-state index < -0.39 is 5.97 Å². The van der Waals surface area contributed by atoms with Crippen LogP contribution in [0.2, 0.25) is 0 Å². The van der Waals surface area contributed by atoms with Gasteiger partial charge in [0.15, 0.2) is 0 Å². The first-order valence-corrected chi connectivity index (χ1v) is 7.22. The van der Waals surface area contributed by atoms with E-state index in [1.165, 1.54) is 0 Å². The quantitative estimate of drug-likeness (QED) is 0.654. The third kappa shape index (κ3) is 6.34. The lowest BCUT2D eigenvalue weighted by molar-refractivity contribution is -0.157. The Morgan fingerprint density at radius 2 is 1.55 bits per heavy atom. The number of hydrogen-bond donors (Lipinski definition) is 3. The molecule has 2 fully saturated rings. The minimum atomic E-state index is -0.720. The maximum Gasteiger partial charge on any atom is 0.323 e. The molecule has 116 valence electrons. The molecule has 0 bridgehead atoms. The first kappa shape index (κ1) is 16.9. The highest BCUT2D eigenvalue weighted by Crippen LogP contribution is 2.12. The van der Waals surface area contributed by atoms with Crippen molar-refractivity contribution in [2.45, 2.75) is 64.1 Å². The summed E-state index contributed by atoms with van der Waals surface area (Å²) in [5, 5.41) is 14.3. The average Bonchev–Trinajstić information content (AvgIpc) is 3.02. The van der Waals surface area contributed by atoms with Gasteiger partial charge in [0, 0.05) is 0 Å². The Morgan fingerprint density at radius 1 is 1.05 bits per heavy atom. The van der Waals surface area contributed by atoms with E-state index in [0.717, 1.165) is 38.8 Å². The maximum atomic E-state index is 11.4. The molecule has 0 aliphatic carbocycles. The SMILES string of the molecule is CC(C)(C)OC(=O)[C@@H]1CCCN1.O=C(O)[C@@H]1CCCN1. The number of carboxylic acids is 1. The van der Waals surface area contributed by atoms with Gasteiger partial charge >= 0.3 is 11.9 Å². The van der Waals surface area contributed by atoms with Gasteiger partial charge in [-0.15, -0.1) is 0 Å². The van der Waals surface area contributed by atoms with Crippen molar-refractivity contribution >= 4 is 11.9 Å². The highest BCUT2D eigenvalue weighted by molar-refractivity contribution is 5.76. The number of rotatable bonds is 2. The number of aliphatic carboxylic acids is 1. The molecule has 0 amide bonds. The van der Waals surface area contributed by atoms with Crippen molar-refractivity contribution in [3.63, 3.8) is 0 Å². The summed E-state index contributed by atoms with van der Waals surface area (Å²) < 4.78 is 5.22. The van der Waals surface area contributed by atoms with Crippen molar-refractivity contribution in [3.8, 4) is 0 Å². The van der Waals surface area contributed by atoms with Crippen LogP contribution in [-0.4, -0.2) is 47.8 Å². The minimum absolute atomic E-state index is 0.0655. The highest BCUT2D eigenvalue weighted by Gasteiger charge is 2.27. The molecule has 6 heteroatoms. The highest BCUT2D eigenvalue weighted by atomic mass is 16.6. The number of carboxylic acid groups (broad SMARTS) is 1. The summed E-state index contributed by atoms with van der Waals surface area (Å²) >= 11 is 0. The Bertz CT molecular complexity index is 327. The van der Waals surface area contributed by atoms with Crippen LogP contribution in [0.4, 0.5) is 0 Å². The summed E-state index contributed by atoms with van der Waals surface area (Å²) in [7, 11) is 0. The van der Waals surface area contributed by atoms with E-state index in [9.17, 15) is 9.59 Å².